The number of aromatic carboxylic acids is 1. The van der Waals surface area contributed by atoms with Crippen LogP contribution < -0.4 is 0 Å². The standard InChI is InChI=1S/C12H12ClN3O2/c1-7-11(13)8(2)16(15-7)6-10-4-3-9(5-14-10)12(17)18/h3-5H,6H2,1-2H3,(H,17,18). The fourth-order valence-corrected chi connectivity index (χ4v) is 1.76. The Kier molecular flexibility index (Phi) is 3.34. The summed E-state index contributed by atoms with van der Waals surface area (Å²) in [5.74, 6) is -0.983. The van der Waals surface area contributed by atoms with Crippen LogP contribution in [0.5, 0.6) is 0 Å². The zero-order chi connectivity index (χ0) is 13.3. The number of hydrogen-bond donors (Lipinski definition) is 1. The summed E-state index contributed by atoms with van der Waals surface area (Å²) in [6.07, 6.45) is 1.34. The van der Waals surface area contributed by atoms with Crippen molar-refractivity contribution in [1.29, 1.82) is 0 Å². The fraction of sp³-hybridized carbons (Fsp3) is 0.250. The summed E-state index contributed by atoms with van der Waals surface area (Å²) in [6.45, 7) is 4.19. The number of halogens is 1. The summed E-state index contributed by atoms with van der Waals surface area (Å²) in [5, 5.41) is 13.7. The lowest BCUT2D eigenvalue weighted by molar-refractivity contribution is 0.0696. The molecule has 18 heavy (non-hydrogen) atoms. The molecule has 0 spiro atoms. The minimum Gasteiger partial charge on any atom is -0.478 e. The van der Waals surface area contributed by atoms with Crippen molar-refractivity contribution in [2.24, 2.45) is 0 Å². The van der Waals surface area contributed by atoms with E-state index < -0.39 is 5.97 Å². The van der Waals surface area contributed by atoms with Gasteiger partial charge in [-0.2, -0.15) is 5.10 Å². The molecule has 0 atom stereocenters. The van der Waals surface area contributed by atoms with Crippen LogP contribution in [0.15, 0.2) is 18.3 Å². The van der Waals surface area contributed by atoms with E-state index >= 15 is 0 Å². The molecule has 94 valence electrons. The van der Waals surface area contributed by atoms with Crippen molar-refractivity contribution in [3.8, 4) is 0 Å². The zero-order valence-electron chi connectivity index (χ0n) is 10.0. The summed E-state index contributed by atoms with van der Waals surface area (Å²) in [7, 11) is 0. The summed E-state index contributed by atoms with van der Waals surface area (Å²) >= 11 is 6.05. The summed E-state index contributed by atoms with van der Waals surface area (Å²) in [5.41, 5.74) is 2.56. The SMILES string of the molecule is Cc1nn(Cc2ccc(C(=O)O)cn2)c(C)c1Cl. The monoisotopic (exact) mass is 265 g/mol. The first-order chi connectivity index (χ1) is 8.49. The number of rotatable bonds is 3. The number of hydrogen-bond acceptors (Lipinski definition) is 3. The Labute approximate surface area is 109 Å². The van der Waals surface area contributed by atoms with E-state index in [1.54, 1.807) is 10.7 Å². The lowest BCUT2D eigenvalue weighted by Crippen LogP contribution is -2.06. The number of pyridine rings is 1. The average molecular weight is 266 g/mol. The fourth-order valence-electron chi connectivity index (χ4n) is 1.63. The average Bonchev–Trinajstić information content (AvgIpc) is 2.58. The van der Waals surface area contributed by atoms with Crippen molar-refractivity contribution in [3.05, 3.63) is 46.0 Å². The third-order valence-corrected chi connectivity index (χ3v) is 3.22. The van der Waals surface area contributed by atoms with E-state index in [4.69, 9.17) is 16.7 Å². The molecule has 0 aliphatic carbocycles. The Balaban J connectivity index is 2.23. The normalized spacial score (nSPS) is 10.6. The van der Waals surface area contributed by atoms with Gasteiger partial charge in [-0.05, 0) is 26.0 Å². The van der Waals surface area contributed by atoms with Gasteiger partial charge in [0.25, 0.3) is 0 Å². The van der Waals surface area contributed by atoms with Crippen LogP contribution in [0.1, 0.15) is 27.4 Å². The van der Waals surface area contributed by atoms with Gasteiger partial charge in [-0.3, -0.25) is 9.67 Å². The predicted octanol–water partition coefficient (Wildman–Crippen LogP) is 2.29. The molecule has 0 amide bonds. The van der Waals surface area contributed by atoms with Gasteiger partial charge in [-0.25, -0.2) is 4.79 Å². The van der Waals surface area contributed by atoms with Gasteiger partial charge in [0.05, 0.1) is 34.2 Å². The second-order valence-electron chi connectivity index (χ2n) is 3.99. The van der Waals surface area contributed by atoms with Crippen LogP contribution in [-0.2, 0) is 6.54 Å². The molecule has 0 bridgehead atoms. The molecule has 1 N–H and O–H groups in total. The third kappa shape index (κ3) is 2.36. The highest BCUT2D eigenvalue weighted by molar-refractivity contribution is 6.31. The van der Waals surface area contributed by atoms with E-state index in [2.05, 4.69) is 10.1 Å². The Hall–Kier alpha value is -1.88. The quantitative estimate of drug-likeness (QED) is 0.925. The molecule has 6 heteroatoms. The molecule has 0 aromatic carbocycles. The van der Waals surface area contributed by atoms with E-state index in [9.17, 15) is 4.79 Å². The first-order valence-electron chi connectivity index (χ1n) is 5.36. The molecule has 5 nitrogen and oxygen atoms in total. The van der Waals surface area contributed by atoms with Crippen LogP contribution >= 0.6 is 11.6 Å². The third-order valence-electron chi connectivity index (χ3n) is 2.68. The largest absolute Gasteiger partial charge is 0.478 e. The number of nitrogens with zero attached hydrogens (tertiary/aromatic N) is 3. The van der Waals surface area contributed by atoms with Gasteiger partial charge < -0.3 is 5.11 Å². The highest BCUT2D eigenvalue weighted by Crippen LogP contribution is 2.19. The highest BCUT2D eigenvalue weighted by Gasteiger charge is 2.10. The first kappa shape index (κ1) is 12.6. The van der Waals surface area contributed by atoms with Gasteiger partial charge >= 0.3 is 5.97 Å². The molecule has 2 aromatic rings. The maximum atomic E-state index is 10.7. The van der Waals surface area contributed by atoms with Crippen molar-refractivity contribution in [3.63, 3.8) is 0 Å². The molecule has 0 aliphatic heterocycles. The van der Waals surface area contributed by atoms with Gasteiger partial charge in [0.1, 0.15) is 0 Å². The molecule has 0 unspecified atom stereocenters. The smallest absolute Gasteiger partial charge is 0.337 e. The number of carboxylic acids is 1. The molecular formula is C12H12ClN3O2. The number of aromatic nitrogens is 3. The molecule has 0 saturated heterocycles. The molecule has 0 radical (unpaired) electrons. The van der Waals surface area contributed by atoms with Gasteiger partial charge in [0.15, 0.2) is 0 Å². The van der Waals surface area contributed by atoms with Gasteiger partial charge in [-0.15, -0.1) is 0 Å². The van der Waals surface area contributed by atoms with Crippen molar-refractivity contribution in [2.75, 3.05) is 0 Å². The lowest BCUT2D eigenvalue weighted by atomic mass is 10.2. The van der Waals surface area contributed by atoms with Gasteiger partial charge in [0.2, 0.25) is 0 Å². The molecule has 2 heterocycles. The molecule has 2 rings (SSSR count). The van der Waals surface area contributed by atoms with Gasteiger partial charge in [-0.1, -0.05) is 11.6 Å². The van der Waals surface area contributed by atoms with Crippen molar-refractivity contribution < 1.29 is 9.90 Å². The van der Waals surface area contributed by atoms with Crippen molar-refractivity contribution in [1.82, 2.24) is 14.8 Å². The van der Waals surface area contributed by atoms with Gasteiger partial charge in [0, 0.05) is 6.20 Å². The van der Waals surface area contributed by atoms with Crippen LogP contribution in [-0.4, -0.2) is 25.8 Å². The number of aryl methyl sites for hydroxylation is 1. The second kappa shape index (κ2) is 4.78. The number of carbonyl (C=O) groups is 1. The van der Waals surface area contributed by atoms with Crippen LogP contribution in [0.25, 0.3) is 0 Å². The zero-order valence-corrected chi connectivity index (χ0v) is 10.8. The molecule has 2 aromatic heterocycles. The Bertz CT molecular complexity index is 590. The summed E-state index contributed by atoms with van der Waals surface area (Å²) in [6, 6.07) is 3.20. The van der Waals surface area contributed by atoms with Crippen LogP contribution in [0.2, 0.25) is 5.02 Å². The van der Waals surface area contributed by atoms with Crippen LogP contribution in [0.3, 0.4) is 0 Å². The minimum atomic E-state index is -0.983. The Morgan fingerprint density at radius 3 is 2.61 bits per heavy atom. The molecule has 0 fully saturated rings. The topological polar surface area (TPSA) is 68.0 Å². The van der Waals surface area contributed by atoms with Crippen molar-refractivity contribution in [2.45, 2.75) is 20.4 Å². The van der Waals surface area contributed by atoms with E-state index in [-0.39, 0.29) is 5.56 Å². The van der Waals surface area contributed by atoms with Crippen LogP contribution in [0.4, 0.5) is 0 Å². The van der Waals surface area contributed by atoms with Crippen LogP contribution in [0, 0.1) is 13.8 Å². The highest BCUT2D eigenvalue weighted by atomic mass is 35.5. The molecule has 0 aliphatic rings. The van der Waals surface area contributed by atoms with E-state index in [1.807, 2.05) is 13.8 Å². The maximum Gasteiger partial charge on any atom is 0.337 e. The van der Waals surface area contributed by atoms with E-state index in [0.29, 0.717) is 11.6 Å². The second-order valence-corrected chi connectivity index (χ2v) is 4.36. The predicted molar refractivity (Wildman–Crippen MR) is 67.0 cm³/mol. The lowest BCUT2D eigenvalue weighted by Gasteiger charge is -2.04. The molecular weight excluding hydrogens is 254 g/mol. The number of carboxylic acid groups (broad SMARTS) is 1. The maximum absolute atomic E-state index is 10.7. The summed E-state index contributed by atoms with van der Waals surface area (Å²) < 4.78 is 1.75. The first-order valence-corrected chi connectivity index (χ1v) is 5.74. The Morgan fingerprint density at radius 2 is 2.17 bits per heavy atom. The minimum absolute atomic E-state index is 0.171. The summed E-state index contributed by atoms with van der Waals surface area (Å²) in [4.78, 5) is 14.8. The van der Waals surface area contributed by atoms with Crippen molar-refractivity contribution >= 4 is 17.6 Å². The molecule has 0 saturated carbocycles. The Morgan fingerprint density at radius 1 is 1.44 bits per heavy atom. The van der Waals surface area contributed by atoms with E-state index in [1.165, 1.54) is 12.3 Å². The van der Waals surface area contributed by atoms with E-state index in [0.717, 1.165) is 17.1 Å².